The topological polar surface area (TPSA) is 20.2 Å². The van der Waals surface area contributed by atoms with E-state index in [1.54, 1.807) is 0 Å². The number of unbranched alkanes of at least 4 members (excludes halogenated alkanes) is 1. The molecular weight excluding hydrogens is 179 g/mol. The first kappa shape index (κ1) is 12.6. The van der Waals surface area contributed by atoms with Gasteiger partial charge in [0.1, 0.15) is 0 Å². The van der Waals surface area contributed by atoms with E-state index in [1.165, 1.54) is 18.4 Å². The van der Waals surface area contributed by atoms with Crippen LogP contribution in [-0.4, -0.2) is 4.89 Å². The zero-order valence-electron chi connectivity index (χ0n) is 8.46. The standard InChI is InChI=1S/C7H9OP.C4H10/c8-9-6-7-4-2-1-3-5-7;1-3-4-2/h1-5,8-9H,6H2;3-4H2,1-2H3. The van der Waals surface area contributed by atoms with Crippen molar-refractivity contribution in [3.63, 3.8) is 0 Å². The Balaban J connectivity index is 0.000000310. The van der Waals surface area contributed by atoms with Crippen molar-refractivity contribution < 1.29 is 4.89 Å². The molecule has 1 nitrogen and oxygen atoms in total. The molecule has 0 heterocycles. The van der Waals surface area contributed by atoms with Gasteiger partial charge < -0.3 is 4.89 Å². The van der Waals surface area contributed by atoms with E-state index < -0.39 is 0 Å². The molecule has 0 amide bonds. The van der Waals surface area contributed by atoms with Crippen molar-refractivity contribution in [3.8, 4) is 0 Å². The number of rotatable bonds is 3. The lowest BCUT2D eigenvalue weighted by Gasteiger charge is -1.93. The van der Waals surface area contributed by atoms with Crippen molar-refractivity contribution in [1.82, 2.24) is 0 Å². The van der Waals surface area contributed by atoms with Crippen molar-refractivity contribution >= 4 is 8.81 Å². The van der Waals surface area contributed by atoms with Crippen LogP contribution >= 0.6 is 8.81 Å². The van der Waals surface area contributed by atoms with Gasteiger partial charge in [-0.2, -0.15) is 0 Å². The van der Waals surface area contributed by atoms with Crippen molar-refractivity contribution in [3.05, 3.63) is 35.9 Å². The molecule has 1 rings (SSSR count). The molecule has 13 heavy (non-hydrogen) atoms. The van der Waals surface area contributed by atoms with Crippen molar-refractivity contribution in [1.29, 1.82) is 0 Å². The molecule has 1 aromatic rings. The molecule has 0 aliphatic carbocycles. The lowest BCUT2D eigenvalue weighted by Crippen LogP contribution is -1.73. The van der Waals surface area contributed by atoms with Crippen LogP contribution in [0.25, 0.3) is 0 Å². The number of hydrogen-bond acceptors (Lipinski definition) is 1. The van der Waals surface area contributed by atoms with Crippen LogP contribution in [0.5, 0.6) is 0 Å². The maximum Gasteiger partial charge on any atom is 0.0152 e. The maximum absolute atomic E-state index is 8.55. The largest absolute Gasteiger partial charge is 0.377 e. The van der Waals surface area contributed by atoms with Gasteiger partial charge >= 0.3 is 0 Å². The molecule has 0 saturated carbocycles. The van der Waals surface area contributed by atoms with Gasteiger partial charge in [0, 0.05) is 15.0 Å². The Morgan fingerprint density at radius 2 is 1.62 bits per heavy atom. The summed E-state index contributed by atoms with van der Waals surface area (Å²) in [6, 6.07) is 9.97. The highest BCUT2D eigenvalue weighted by Crippen LogP contribution is 2.11. The Hall–Kier alpha value is -0.390. The average Bonchev–Trinajstić information content (AvgIpc) is 2.20. The Bertz CT molecular complexity index is 185. The van der Waals surface area contributed by atoms with Crippen LogP contribution in [0.15, 0.2) is 30.3 Å². The highest BCUT2D eigenvalue weighted by Gasteiger charge is 1.85. The molecule has 0 bridgehead atoms. The Morgan fingerprint density at radius 1 is 1.08 bits per heavy atom. The predicted molar refractivity (Wildman–Crippen MR) is 61.3 cm³/mol. The van der Waals surface area contributed by atoms with Crippen LogP contribution in [-0.2, 0) is 6.16 Å². The third-order valence-corrected chi connectivity index (χ3v) is 2.19. The first-order chi connectivity index (χ1) is 6.35. The van der Waals surface area contributed by atoms with Crippen LogP contribution < -0.4 is 0 Å². The highest BCUT2D eigenvalue weighted by molar-refractivity contribution is 7.30. The van der Waals surface area contributed by atoms with Crippen LogP contribution in [0.3, 0.4) is 0 Å². The molecule has 0 aliphatic rings. The lowest BCUT2D eigenvalue weighted by molar-refractivity contribution is 0.644. The van der Waals surface area contributed by atoms with Gasteiger partial charge in [-0.15, -0.1) is 0 Å². The molecule has 0 spiro atoms. The van der Waals surface area contributed by atoms with Gasteiger partial charge in [0.2, 0.25) is 0 Å². The van der Waals surface area contributed by atoms with E-state index in [0.29, 0.717) is 0 Å². The molecule has 0 aliphatic heterocycles. The second kappa shape index (κ2) is 9.70. The molecule has 1 N–H and O–H groups in total. The Labute approximate surface area is 83.1 Å². The fourth-order valence-electron chi connectivity index (χ4n) is 0.687. The summed E-state index contributed by atoms with van der Waals surface area (Å²) in [6.07, 6.45) is 3.43. The van der Waals surface area contributed by atoms with Gasteiger partial charge in [0.15, 0.2) is 0 Å². The molecule has 2 heteroatoms. The van der Waals surface area contributed by atoms with E-state index in [0.717, 1.165) is 6.16 Å². The van der Waals surface area contributed by atoms with E-state index >= 15 is 0 Å². The molecule has 1 unspecified atom stereocenters. The zero-order chi connectivity index (χ0) is 9.94. The minimum Gasteiger partial charge on any atom is -0.377 e. The summed E-state index contributed by atoms with van der Waals surface area (Å²) in [4.78, 5) is 8.55. The second-order valence-electron chi connectivity index (χ2n) is 2.82. The van der Waals surface area contributed by atoms with Crippen molar-refractivity contribution in [2.45, 2.75) is 32.9 Å². The molecule has 1 atom stereocenters. The van der Waals surface area contributed by atoms with E-state index in [4.69, 9.17) is 4.89 Å². The molecule has 0 radical (unpaired) electrons. The third kappa shape index (κ3) is 7.95. The van der Waals surface area contributed by atoms with Gasteiger partial charge in [-0.25, -0.2) is 0 Å². The molecule has 0 saturated heterocycles. The second-order valence-corrected chi connectivity index (χ2v) is 3.49. The quantitative estimate of drug-likeness (QED) is 0.736. The number of hydrogen-bond donors (Lipinski definition) is 1. The molecular formula is C11H19OP. The van der Waals surface area contributed by atoms with Crippen LogP contribution in [0.4, 0.5) is 0 Å². The van der Waals surface area contributed by atoms with E-state index in [-0.39, 0.29) is 8.81 Å². The summed E-state index contributed by atoms with van der Waals surface area (Å²) in [5.74, 6) is 0. The van der Waals surface area contributed by atoms with Gasteiger partial charge in [-0.3, -0.25) is 0 Å². The van der Waals surface area contributed by atoms with E-state index in [9.17, 15) is 0 Å². The normalized spacial score (nSPS) is 9.77. The van der Waals surface area contributed by atoms with Crippen LogP contribution in [0, 0.1) is 0 Å². The van der Waals surface area contributed by atoms with Crippen LogP contribution in [0.1, 0.15) is 32.3 Å². The Morgan fingerprint density at radius 3 is 2.00 bits per heavy atom. The first-order valence-electron chi connectivity index (χ1n) is 4.76. The number of benzene rings is 1. The fourth-order valence-corrected chi connectivity index (χ4v) is 1.11. The molecule has 74 valence electrons. The lowest BCUT2D eigenvalue weighted by atomic mass is 10.2. The van der Waals surface area contributed by atoms with Crippen molar-refractivity contribution in [2.24, 2.45) is 0 Å². The summed E-state index contributed by atoms with van der Waals surface area (Å²) < 4.78 is 0. The van der Waals surface area contributed by atoms with E-state index in [2.05, 4.69) is 13.8 Å². The van der Waals surface area contributed by atoms with Gasteiger partial charge in [-0.05, 0) is 5.56 Å². The monoisotopic (exact) mass is 198 g/mol. The fraction of sp³-hybridized carbons (Fsp3) is 0.455. The van der Waals surface area contributed by atoms with Gasteiger partial charge in [0.05, 0.1) is 0 Å². The summed E-state index contributed by atoms with van der Waals surface area (Å²) in [5.41, 5.74) is 1.21. The summed E-state index contributed by atoms with van der Waals surface area (Å²) >= 11 is 0. The zero-order valence-corrected chi connectivity index (χ0v) is 9.46. The average molecular weight is 198 g/mol. The van der Waals surface area contributed by atoms with Crippen molar-refractivity contribution in [2.75, 3.05) is 0 Å². The first-order valence-corrected chi connectivity index (χ1v) is 5.91. The smallest absolute Gasteiger partial charge is 0.0152 e. The van der Waals surface area contributed by atoms with E-state index in [1.807, 2.05) is 30.3 Å². The molecule has 0 fully saturated rings. The predicted octanol–water partition coefficient (Wildman–Crippen LogP) is 3.58. The minimum atomic E-state index is 0.0352. The van der Waals surface area contributed by atoms with Gasteiger partial charge in [0.25, 0.3) is 0 Å². The highest BCUT2D eigenvalue weighted by atomic mass is 31.1. The summed E-state index contributed by atoms with van der Waals surface area (Å²) in [6.45, 7) is 4.36. The third-order valence-electron chi connectivity index (χ3n) is 1.63. The Kier molecular flexibility index (Phi) is 9.41. The summed E-state index contributed by atoms with van der Waals surface area (Å²) in [5, 5.41) is 0. The SMILES string of the molecule is CCCC.OPCc1ccccc1. The minimum absolute atomic E-state index is 0.0352. The molecule has 1 aromatic carbocycles. The van der Waals surface area contributed by atoms with Gasteiger partial charge in [-0.1, -0.05) is 57.0 Å². The maximum atomic E-state index is 8.55. The molecule has 0 aromatic heterocycles. The van der Waals surface area contributed by atoms with Crippen LogP contribution in [0.2, 0.25) is 0 Å². The summed E-state index contributed by atoms with van der Waals surface area (Å²) in [7, 11) is 0.0352.